The number of nitrogens with one attached hydrogen (secondary N) is 1. The Kier molecular flexibility index (Phi) is 2.80. The maximum absolute atomic E-state index is 13.3. The van der Waals surface area contributed by atoms with Crippen molar-refractivity contribution in [1.82, 2.24) is 10.1 Å². The van der Waals surface area contributed by atoms with E-state index < -0.39 is 11.6 Å². The minimum Gasteiger partial charge on any atom is -0.341 e. The second kappa shape index (κ2) is 4.26. The summed E-state index contributed by atoms with van der Waals surface area (Å²) in [6.45, 7) is 0. The molecule has 0 saturated heterocycles. The van der Waals surface area contributed by atoms with Gasteiger partial charge in [0.25, 0.3) is 0 Å². The second-order valence-electron chi connectivity index (χ2n) is 3.18. The Morgan fingerprint density at radius 3 is 2.81 bits per heavy atom. The van der Waals surface area contributed by atoms with Crippen LogP contribution in [0.4, 0.5) is 14.8 Å². The number of aromatic nitrogens is 2. The zero-order chi connectivity index (χ0) is 11.5. The molecular formula is C10H9F2N3O. The predicted molar refractivity (Wildman–Crippen MR) is 53.0 cm³/mol. The fraction of sp³-hybridized carbons (Fsp3) is 0.200. The first kappa shape index (κ1) is 10.5. The smallest absolute Gasteiger partial charge is 0.321 e. The van der Waals surface area contributed by atoms with Gasteiger partial charge in [-0.05, 0) is 11.6 Å². The molecule has 0 aliphatic heterocycles. The number of nitrogens with zero attached hydrogens (tertiary/aromatic N) is 2. The van der Waals surface area contributed by atoms with Crippen LogP contribution in [-0.4, -0.2) is 17.2 Å². The third-order valence-corrected chi connectivity index (χ3v) is 2.05. The Bertz CT molecular complexity index is 499. The standard InChI is InChI=1S/C10H9F2N3O/c1-13-10-14-9(15-16-10)4-6-2-3-7(11)5-8(6)12/h2-3,5H,4H2,1H3,(H,13,14,15). The van der Waals surface area contributed by atoms with Gasteiger partial charge < -0.3 is 9.84 Å². The van der Waals surface area contributed by atoms with Crippen LogP contribution in [-0.2, 0) is 6.42 Å². The quantitative estimate of drug-likeness (QED) is 0.867. The van der Waals surface area contributed by atoms with Crippen LogP contribution >= 0.6 is 0 Å². The Balaban J connectivity index is 2.20. The first-order chi connectivity index (χ1) is 7.69. The lowest BCUT2D eigenvalue weighted by Gasteiger charge is -1.98. The van der Waals surface area contributed by atoms with E-state index in [9.17, 15) is 8.78 Å². The van der Waals surface area contributed by atoms with E-state index in [2.05, 4.69) is 15.5 Å². The number of rotatable bonds is 3. The summed E-state index contributed by atoms with van der Waals surface area (Å²) >= 11 is 0. The van der Waals surface area contributed by atoms with Crippen molar-refractivity contribution in [3.05, 3.63) is 41.2 Å². The van der Waals surface area contributed by atoms with Gasteiger partial charge in [0.2, 0.25) is 0 Å². The van der Waals surface area contributed by atoms with Crippen LogP contribution in [0.25, 0.3) is 0 Å². The normalized spacial score (nSPS) is 10.4. The molecule has 1 aromatic carbocycles. The van der Waals surface area contributed by atoms with Gasteiger partial charge in [0.15, 0.2) is 5.82 Å². The summed E-state index contributed by atoms with van der Waals surface area (Å²) in [5.74, 6) is -0.879. The summed E-state index contributed by atoms with van der Waals surface area (Å²) in [7, 11) is 1.63. The van der Waals surface area contributed by atoms with Crippen molar-refractivity contribution in [3.8, 4) is 0 Å². The highest BCUT2D eigenvalue weighted by atomic mass is 19.1. The van der Waals surface area contributed by atoms with Gasteiger partial charge in [-0.25, -0.2) is 8.78 Å². The average Bonchev–Trinajstić information content (AvgIpc) is 2.70. The van der Waals surface area contributed by atoms with Crippen LogP contribution < -0.4 is 5.32 Å². The molecule has 1 N–H and O–H groups in total. The van der Waals surface area contributed by atoms with E-state index in [4.69, 9.17) is 4.52 Å². The number of halogens is 2. The summed E-state index contributed by atoms with van der Waals surface area (Å²) in [6.07, 6.45) is 0.164. The van der Waals surface area contributed by atoms with E-state index >= 15 is 0 Å². The van der Waals surface area contributed by atoms with Crippen molar-refractivity contribution in [2.45, 2.75) is 6.42 Å². The highest BCUT2D eigenvalue weighted by Crippen LogP contribution is 2.13. The Morgan fingerprint density at radius 1 is 1.38 bits per heavy atom. The lowest BCUT2D eigenvalue weighted by Crippen LogP contribution is -1.96. The zero-order valence-electron chi connectivity index (χ0n) is 8.50. The number of benzene rings is 1. The first-order valence-electron chi connectivity index (χ1n) is 4.63. The molecule has 0 unspecified atom stereocenters. The van der Waals surface area contributed by atoms with E-state index in [0.29, 0.717) is 11.4 Å². The highest BCUT2D eigenvalue weighted by Gasteiger charge is 2.09. The van der Waals surface area contributed by atoms with Crippen molar-refractivity contribution in [3.63, 3.8) is 0 Å². The zero-order valence-corrected chi connectivity index (χ0v) is 8.50. The van der Waals surface area contributed by atoms with E-state index in [-0.39, 0.29) is 12.4 Å². The molecule has 0 amide bonds. The molecule has 16 heavy (non-hydrogen) atoms. The molecule has 2 rings (SSSR count). The van der Waals surface area contributed by atoms with Gasteiger partial charge in [0.05, 0.1) is 0 Å². The van der Waals surface area contributed by atoms with Gasteiger partial charge in [0.1, 0.15) is 11.6 Å². The molecule has 1 heterocycles. The number of hydrogen-bond donors (Lipinski definition) is 1. The van der Waals surface area contributed by atoms with Gasteiger partial charge in [-0.2, -0.15) is 4.98 Å². The minimum atomic E-state index is -0.615. The second-order valence-corrected chi connectivity index (χ2v) is 3.18. The Morgan fingerprint density at radius 2 is 2.19 bits per heavy atom. The van der Waals surface area contributed by atoms with Crippen molar-refractivity contribution in [2.75, 3.05) is 12.4 Å². The molecule has 0 bridgehead atoms. The van der Waals surface area contributed by atoms with Crippen LogP contribution in [0.5, 0.6) is 0 Å². The van der Waals surface area contributed by atoms with Crippen LogP contribution in [0, 0.1) is 11.6 Å². The van der Waals surface area contributed by atoms with Gasteiger partial charge in [-0.15, -0.1) is 0 Å². The molecule has 0 atom stereocenters. The number of hydrogen-bond acceptors (Lipinski definition) is 4. The van der Waals surface area contributed by atoms with Crippen LogP contribution in [0.3, 0.4) is 0 Å². The number of anilines is 1. The van der Waals surface area contributed by atoms with Gasteiger partial charge in [-0.1, -0.05) is 11.2 Å². The molecule has 0 fully saturated rings. The molecule has 0 saturated carbocycles. The molecule has 1 aromatic heterocycles. The topological polar surface area (TPSA) is 51.0 Å². The van der Waals surface area contributed by atoms with Crippen LogP contribution in [0.2, 0.25) is 0 Å². The third-order valence-electron chi connectivity index (χ3n) is 2.05. The molecular weight excluding hydrogens is 216 g/mol. The summed E-state index contributed by atoms with van der Waals surface area (Å²) in [4.78, 5) is 3.94. The van der Waals surface area contributed by atoms with E-state index in [1.807, 2.05) is 0 Å². The summed E-state index contributed by atoms with van der Waals surface area (Å²) in [5.41, 5.74) is 0.324. The van der Waals surface area contributed by atoms with Crippen molar-refractivity contribution in [2.24, 2.45) is 0 Å². The minimum absolute atomic E-state index is 0.164. The third kappa shape index (κ3) is 2.16. The molecule has 0 spiro atoms. The fourth-order valence-corrected chi connectivity index (χ4v) is 1.26. The monoisotopic (exact) mass is 225 g/mol. The first-order valence-corrected chi connectivity index (χ1v) is 4.63. The summed E-state index contributed by atoms with van der Waals surface area (Å²) in [6, 6.07) is 3.64. The molecule has 0 aliphatic rings. The molecule has 4 nitrogen and oxygen atoms in total. The van der Waals surface area contributed by atoms with Crippen molar-refractivity contribution < 1.29 is 13.3 Å². The molecule has 0 aliphatic carbocycles. The molecule has 2 aromatic rings. The van der Waals surface area contributed by atoms with E-state index in [1.165, 1.54) is 12.1 Å². The molecule has 0 radical (unpaired) electrons. The largest absolute Gasteiger partial charge is 0.341 e. The highest BCUT2D eigenvalue weighted by molar-refractivity contribution is 5.23. The van der Waals surface area contributed by atoms with E-state index in [1.54, 1.807) is 7.05 Å². The van der Waals surface area contributed by atoms with Crippen molar-refractivity contribution >= 4 is 6.01 Å². The van der Waals surface area contributed by atoms with Gasteiger partial charge in [0, 0.05) is 19.5 Å². The summed E-state index contributed by atoms with van der Waals surface area (Å²) in [5, 5.41) is 6.30. The van der Waals surface area contributed by atoms with Gasteiger partial charge >= 0.3 is 6.01 Å². The average molecular weight is 225 g/mol. The van der Waals surface area contributed by atoms with Crippen LogP contribution in [0.15, 0.2) is 22.7 Å². The lowest BCUT2D eigenvalue weighted by atomic mass is 10.1. The van der Waals surface area contributed by atoms with Crippen LogP contribution in [0.1, 0.15) is 11.4 Å². The summed E-state index contributed by atoms with van der Waals surface area (Å²) < 4.78 is 30.7. The van der Waals surface area contributed by atoms with Crippen molar-refractivity contribution in [1.29, 1.82) is 0 Å². The SMILES string of the molecule is CNc1nc(Cc2ccc(F)cc2F)no1. The fourth-order valence-electron chi connectivity index (χ4n) is 1.26. The lowest BCUT2D eigenvalue weighted by molar-refractivity contribution is 0.425. The maximum atomic E-state index is 13.3. The van der Waals surface area contributed by atoms with Gasteiger partial charge in [-0.3, -0.25) is 0 Å². The maximum Gasteiger partial charge on any atom is 0.321 e. The Hall–Kier alpha value is -1.98. The predicted octanol–water partition coefficient (Wildman–Crippen LogP) is 1.98. The molecule has 84 valence electrons. The Labute approximate surface area is 90.3 Å². The molecule has 6 heteroatoms. The van der Waals surface area contributed by atoms with E-state index in [0.717, 1.165) is 6.07 Å².